The van der Waals surface area contributed by atoms with Gasteiger partial charge in [0.15, 0.2) is 5.82 Å². The number of carbonyl (C=O) groups is 1. The fraction of sp³-hybridized carbons (Fsp3) is 0.167. The summed E-state index contributed by atoms with van der Waals surface area (Å²) in [6.07, 6.45) is 0.299. The van der Waals surface area contributed by atoms with Gasteiger partial charge in [0.1, 0.15) is 0 Å². The van der Waals surface area contributed by atoms with Gasteiger partial charge in [0.05, 0.1) is 5.69 Å². The highest BCUT2D eigenvalue weighted by molar-refractivity contribution is 5.90. The predicted molar refractivity (Wildman–Crippen MR) is 66.3 cm³/mol. The average Bonchev–Trinajstić information content (AvgIpc) is 2.79. The normalized spacial score (nSPS) is 10.2. The molecule has 0 saturated carbocycles. The van der Waals surface area contributed by atoms with Crippen LogP contribution >= 0.6 is 0 Å². The molecule has 0 bridgehead atoms. The van der Waals surface area contributed by atoms with Crippen molar-refractivity contribution in [1.29, 1.82) is 0 Å². The number of hydrogen-bond donors (Lipinski definition) is 3. The summed E-state index contributed by atoms with van der Waals surface area (Å²) in [6.45, 7) is 0.335. The molecule has 1 aromatic carbocycles. The molecule has 0 spiro atoms. The highest BCUT2D eigenvalue weighted by atomic mass is 16.1. The third-order valence-corrected chi connectivity index (χ3v) is 2.30. The lowest BCUT2D eigenvalue weighted by molar-refractivity contribution is -0.116. The summed E-state index contributed by atoms with van der Waals surface area (Å²) >= 11 is 0. The van der Waals surface area contributed by atoms with E-state index in [1.165, 1.54) is 0 Å². The average molecular weight is 230 g/mol. The van der Waals surface area contributed by atoms with Crippen LogP contribution in [0.1, 0.15) is 6.42 Å². The maximum Gasteiger partial charge on any atom is 0.226 e. The summed E-state index contributed by atoms with van der Waals surface area (Å²) in [5, 5.41) is 9.56. The minimum absolute atomic E-state index is 0.126. The van der Waals surface area contributed by atoms with Crippen LogP contribution in [0.2, 0.25) is 0 Å². The van der Waals surface area contributed by atoms with E-state index >= 15 is 0 Å². The first-order valence-corrected chi connectivity index (χ1v) is 5.40. The fourth-order valence-electron chi connectivity index (χ4n) is 1.49. The molecule has 88 valence electrons. The molecular weight excluding hydrogens is 216 g/mol. The second kappa shape index (κ2) is 5.27. The van der Waals surface area contributed by atoms with Gasteiger partial charge in [-0.25, -0.2) is 0 Å². The summed E-state index contributed by atoms with van der Waals surface area (Å²) in [5.74, 6) is 0.390. The monoisotopic (exact) mass is 230 g/mol. The fourth-order valence-corrected chi connectivity index (χ4v) is 1.49. The highest BCUT2D eigenvalue weighted by Gasteiger charge is 2.05. The van der Waals surface area contributed by atoms with E-state index < -0.39 is 0 Å². The molecule has 0 radical (unpaired) electrons. The maximum atomic E-state index is 11.3. The third-order valence-electron chi connectivity index (χ3n) is 2.30. The number of aromatic nitrogens is 2. The second-order valence-corrected chi connectivity index (χ2v) is 3.62. The number of nitrogens with two attached hydrogens (primary N) is 1. The summed E-state index contributed by atoms with van der Waals surface area (Å²) in [7, 11) is 0. The molecular formula is C12H14N4O. The van der Waals surface area contributed by atoms with Crippen molar-refractivity contribution < 1.29 is 4.79 Å². The van der Waals surface area contributed by atoms with Crippen LogP contribution in [0.5, 0.6) is 0 Å². The van der Waals surface area contributed by atoms with Gasteiger partial charge in [0, 0.05) is 19.0 Å². The topological polar surface area (TPSA) is 83.8 Å². The minimum Gasteiger partial charge on any atom is -0.330 e. The first-order valence-electron chi connectivity index (χ1n) is 5.40. The Labute approximate surface area is 99.0 Å². The van der Waals surface area contributed by atoms with Gasteiger partial charge >= 0.3 is 0 Å². The van der Waals surface area contributed by atoms with Crippen LogP contribution in [0.3, 0.4) is 0 Å². The maximum absolute atomic E-state index is 11.3. The Hall–Kier alpha value is -2.14. The van der Waals surface area contributed by atoms with Gasteiger partial charge < -0.3 is 11.1 Å². The Kier molecular flexibility index (Phi) is 3.52. The van der Waals surface area contributed by atoms with E-state index in [0.29, 0.717) is 18.8 Å². The van der Waals surface area contributed by atoms with E-state index in [2.05, 4.69) is 15.5 Å². The van der Waals surface area contributed by atoms with Crippen LogP contribution in [0.25, 0.3) is 11.3 Å². The van der Waals surface area contributed by atoms with Crippen molar-refractivity contribution in [2.45, 2.75) is 6.42 Å². The van der Waals surface area contributed by atoms with E-state index in [4.69, 9.17) is 5.73 Å². The first kappa shape index (κ1) is 11.3. The molecule has 1 heterocycles. The van der Waals surface area contributed by atoms with Crippen LogP contribution in [0, 0.1) is 0 Å². The quantitative estimate of drug-likeness (QED) is 0.741. The zero-order valence-electron chi connectivity index (χ0n) is 9.31. The SMILES string of the molecule is NCCC(=O)Nc1cc(-c2ccccc2)[nH]n1. The minimum atomic E-state index is -0.126. The number of nitrogens with zero attached hydrogens (tertiary/aromatic N) is 1. The van der Waals surface area contributed by atoms with Gasteiger partial charge in [-0.3, -0.25) is 9.89 Å². The molecule has 5 heteroatoms. The molecule has 0 atom stereocenters. The van der Waals surface area contributed by atoms with Gasteiger partial charge in [-0.2, -0.15) is 5.10 Å². The summed E-state index contributed by atoms with van der Waals surface area (Å²) < 4.78 is 0. The Morgan fingerprint density at radius 2 is 2.12 bits per heavy atom. The molecule has 0 aliphatic carbocycles. The van der Waals surface area contributed by atoms with E-state index in [9.17, 15) is 4.79 Å². The molecule has 0 fully saturated rings. The van der Waals surface area contributed by atoms with Gasteiger partial charge in [-0.05, 0) is 5.56 Å². The van der Waals surface area contributed by atoms with Crippen molar-refractivity contribution in [1.82, 2.24) is 10.2 Å². The van der Waals surface area contributed by atoms with Crippen molar-refractivity contribution in [3.05, 3.63) is 36.4 Å². The van der Waals surface area contributed by atoms with Crippen molar-refractivity contribution in [3.8, 4) is 11.3 Å². The molecule has 1 aromatic heterocycles. The number of H-pyrrole nitrogens is 1. The molecule has 2 rings (SSSR count). The number of benzene rings is 1. The number of nitrogens with one attached hydrogen (secondary N) is 2. The number of rotatable bonds is 4. The summed E-state index contributed by atoms with van der Waals surface area (Å²) in [6, 6.07) is 11.6. The Balaban J connectivity index is 2.09. The summed E-state index contributed by atoms with van der Waals surface area (Å²) in [4.78, 5) is 11.3. The molecule has 0 saturated heterocycles. The number of anilines is 1. The van der Waals surface area contributed by atoms with Crippen LogP contribution in [0.4, 0.5) is 5.82 Å². The van der Waals surface area contributed by atoms with E-state index in [0.717, 1.165) is 11.3 Å². The van der Waals surface area contributed by atoms with E-state index in [1.54, 1.807) is 6.07 Å². The lowest BCUT2D eigenvalue weighted by Crippen LogP contribution is -2.16. The standard InChI is InChI=1S/C12H14N4O/c13-7-6-12(17)14-11-8-10(15-16-11)9-4-2-1-3-5-9/h1-5,8H,6-7,13H2,(H2,14,15,16,17). The van der Waals surface area contributed by atoms with Crippen molar-refractivity contribution in [2.75, 3.05) is 11.9 Å². The molecule has 0 aliphatic heterocycles. The van der Waals surface area contributed by atoms with Gasteiger partial charge in [0.2, 0.25) is 5.91 Å². The molecule has 0 aliphatic rings. The number of carbonyl (C=O) groups excluding carboxylic acids is 1. The van der Waals surface area contributed by atoms with Crippen LogP contribution in [-0.2, 0) is 4.79 Å². The van der Waals surface area contributed by atoms with Crippen molar-refractivity contribution in [2.24, 2.45) is 5.73 Å². The summed E-state index contributed by atoms with van der Waals surface area (Å²) in [5.41, 5.74) is 7.19. The molecule has 17 heavy (non-hydrogen) atoms. The second-order valence-electron chi connectivity index (χ2n) is 3.62. The molecule has 5 nitrogen and oxygen atoms in total. The third kappa shape index (κ3) is 2.92. The van der Waals surface area contributed by atoms with Crippen molar-refractivity contribution in [3.63, 3.8) is 0 Å². The molecule has 1 amide bonds. The Bertz CT molecular complexity index is 492. The van der Waals surface area contributed by atoms with Crippen LogP contribution in [0.15, 0.2) is 36.4 Å². The predicted octanol–water partition coefficient (Wildman–Crippen LogP) is 1.36. The molecule has 0 unspecified atom stereocenters. The lowest BCUT2D eigenvalue weighted by atomic mass is 10.1. The smallest absolute Gasteiger partial charge is 0.226 e. The zero-order chi connectivity index (χ0) is 12.1. The van der Waals surface area contributed by atoms with Crippen LogP contribution in [-0.4, -0.2) is 22.6 Å². The van der Waals surface area contributed by atoms with Gasteiger partial charge in [-0.15, -0.1) is 0 Å². The number of hydrogen-bond acceptors (Lipinski definition) is 3. The van der Waals surface area contributed by atoms with Gasteiger partial charge in [-0.1, -0.05) is 30.3 Å². The number of aromatic amines is 1. The van der Waals surface area contributed by atoms with Crippen LogP contribution < -0.4 is 11.1 Å². The Morgan fingerprint density at radius 1 is 1.35 bits per heavy atom. The highest BCUT2D eigenvalue weighted by Crippen LogP contribution is 2.18. The van der Waals surface area contributed by atoms with E-state index in [-0.39, 0.29) is 5.91 Å². The Morgan fingerprint density at radius 3 is 2.82 bits per heavy atom. The molecule has 4 N–H and O–H groups in total. The lowest BCUT2D eigenvalue weighted by Gasteiger charge is -1.98. The zero-order valence-corrected chi connectivity index (χ0v) is 9.31. The van der Waals surface area contributed by atoms with Crippen molar-refractivity contribution >= 4 is 11.7 Å². The number of amides is 1. The molecule has 2 aromatic rings. The van der Waals surface area contributed by atoms with Gasteiger partial charge in [0.25, 0.3) is 0 Å². The largest absolute Gasteiger partial charge is 0.330 e. The first-order chi connectivity index (χ1) is 8.29. The van der Waals surface area contributed by atoms with E-state index in [1.807, 2.05) is 30.3 Å².